The molecule has 4 nitrogen and oxygen atoms in total. The van der Waals surface area contributed by atoms with Crippen molar-refractivity contribution >= 4 is 29.0 Å². The number of ether oxygens (including phenoxy) is 1. The molecule has 0 aliphatic rings. The topological polar surface area (TPSA) is 54.5 Å². The number of aryl methyl sites for hydroxylation is 1. The van der Waals surface area contributed by atoms with Crippen LogP contribution in [0.3, 0.4) is 0 Å². The second-order valence-electron chi connectivity index (χ2n) is 2.62. The Hall–Kier alpha value is -1.45. The van der Waals surface area contributed by atoms with Gasteiger partial charge in [0.25, 0.3) is 0 Å². The molecule has 74 valence electrons. The van der Waals surface area contributed by atoms with Crippen LogP contribution >= 0.6 is 12.2 Å². The van der Waals surface area contributed by atoms with Gasteiger partial charge in [-0.05, 0) is 31.6 Å². The van der Waals surface area contributed by atoms with Crippen molar-refractivity contribution in [2.24, 2.45) is 4.99 Å². The van der Waals surface area contributed by atoms with Crippen molar-refractivity contribution in [2.45, 2.75) is 13.8 Å². The number of aliphatic imine (C=N–C) groups is 1. The number of isothiocyanates is 1. The number of esters is 1. The van der Waals surface area contributed by atoms with E-state index >= 15 is 0 Å². The Bertz CT molecular complexity index is 392. The predicted octanol–water partition coefficient (Wildman–Crippen LogP) is 2.23. The minimum Gasteiger partial charge on any atom is -0.461 e. The van der Waals surface area contributed by atoms with E-state index in [4.69, 9.17) is 4.74 Å². The first-order chi connectivity index (χ1) is 6.70. The number of aromatic nitrogens is 1. The summed E-state index contributed by atoms with van der Waals surface area (Å²) in [5, 5.41) is 2.23. The predicted molar refractivity (Wildman–Crippen MR) is 56.2 cm³/mol. The molecule has 0 fully saturated rings. The monoisotopic (exact) mass is 210 g/mol. The molecule has 1 heterocycles. The Morgan fingerprint density at radius 3 is 3.07 bits per heavy atom. The summed E-state index contributed by atoms with van der Waals surface area (Å²) >= 11 is 4.49. The number of nitrogens with zero attached hydrogens (tertiary/aromatic N) is 1. The van der Waals surface area contributed by atoms with Gasteiger partial charge in [0.1, 0.15) is 5.69 Å². The lowest BCUT2D eigenvalue weighted by Crippen LogP contribution is -2.05. The molecule has 0 radical (unpaired) electrons. The highest BCUT2D eigenvalue weighted by Gasteiger charge is 2.15. The van der Waals surface area contributed by atoms with E-state index in [2.05, 4.69) is 27.4 Å². The third-order valence-electron chi connectivity index (χ3n) is 1.68. The van der Waals surface area contributed by atoms with E-state index in [0.717, 1.165) is 5.56 Å². The van der Waals surface area contributed by atoms with E-state index in [0.29, 0.717) is 18.0 Å². The smallest absolute Gasteiger partial charge is 0.357 e. The van der Waals surface area contributed by atoms with Gasteiger partial charge in [-0.2, -0.15) is 4.99 Å². The molecule has 0 aliphatic heterocycles. The van der Waals surface area contributed by atoms with E-state index in [1.54, 1.807) is 13.1 Å². The molecule has 1 N–H and O–H groups in total. The number of nitrogens with one attached hydrogen (secondary N) is 1. The van der Waals surface area contributed by atoms with Gasteiger partial charge in [-0.25, -0.2) is 4.79 Å². The number of carbonyl (C=O) groups excluding carboxylic acids is 1. The van der Waals surface area contributed by atoms with E-state index < -0.39 is 5.97 Å². The van der Waals surface area contributed by atoms with E-state index in [1.165, 1.54) is 0 Å². The molecule has 0 bridgehead atoms. The second kappa shape index (κ2) is 4.69. The van der Waals surface area contributed by atoms with Crippen molar-refractivity contribution in [1.82, 2.24) is 4.98 Å². The van der Waals surface area contributed by atoms with E-state index in [-0.39, 0.29) is 0 Å². The first-order valence-electron chi connectivity index (χ1n) is 4.13. The van der Waals surface area contributed by atoms with Crippen LogP contribution in [-0.2, 0) is 4.74 Å². The highest BCUT2D eigenvalue weighted by molar-refractivity contribution is 7.78. The van der Waals surface area contributed by atoms with Crippen LogP contribution in [0.5, 0.6) is 0 Å². The molecule has 0 atom stereocenters. The zero-order valence-corrected chi connectivity index (χ0v) is 8.77. The molecule has 0 aromatic carbocycles. The molecule has 1 aromatic rings. The fourth-order valence-electron chi connectivity index (χ4n) is 1.06. The van der Waals surface area contributed by atoms with Gasteiger partial charge in [-0.15, -0.1) is 0 Å². The largest absolute Gasteiger partial charge is 0.461 e. The highest BCUT2D eigenvalue weighted by atomic mass is 32.1. The van der Waals surface area contributed by atoms with Crippen LogP contribution in [-0.4, -0.2) is 22.7 Å². The SMILES string of the molecule is CCOC(=O)c1[nH]cc(C)c1N=C=S. The summed E-state index contributed by atoms with van der Waals surface area (Å²) in [6.07, 6.45) is 1.68. The number of aromatic amines is 1. The van der Waals surface area contributed by atoms with Gasteiger partial charge in [-0.1, -0.05) is 0 Å². The van der Waals surface area contributed by atoms with Gasteiger partial charge in [0.15, 0.2) is 5.69 Å². The molecular formula is C9H10N2O2S. The third kappa shape index (κ3) is 2.07. The van der Waals surface area contributed by atoms with Crippen molar-refractivity contribution in [2.75, 3.05) is 6.61 Å². The van der Waals surface area contributed by atoms with Crippen LogP contribution in [0.4, 0.5) is 5.69 Å². The van der Waals surface area contributed by atoms with Crippen molar-refractivity contribution in [1.29, 1.82) is 0 Å². The number of hydrogen-bond acceptors (Lipinski definition) is 4. The van der Waals surface area contributed by atoms with E-state index in [9.17, 15) is 4.79 Å². The maximum absolute atomic E-state index is 11.4. The molecule has 0 saturated heterocycles. The molecule has 0 spiro atoms. The van der Waals surface area contributed by atoms with Crippen molar-refractivity contribution in [3.8, 4) is 0 Å². The van der Waals surface area contributed by atoms with Gasteiger partial charge in [0.05, 0.1) is 11.8 Å². The van der Waals surface area contributed by atoms with Crippen LogP contribution in [0.15, 0.2) is 11.2 Å². The normalized spacial score (nSPS) is 9.29. The van der Waals surface area contributed by atoms with Gasteiger partial charge in [0.2, 0.25) is 0 Å². The van der Waals surface area contributed by atoms with Crippen LogP contribution in [0.25, 0.3) is 0 Å². The number of carbonyl (C=O) groups is 1. The van der Waals surface area contributed by atoms with Crippen LogP contribution < -0.4 is 0 Å². The van der Waals surface area contributed by atoms with Gasteiger partial charge in [0, 0.05) is 6.20 Å². The van der Waals surface area contributed by atoms with Gasteiger partial charge < -0.3 is 9.72 Å². The summed E-state index contributed by atoms with van der Waals surface area (Å²) < 4.78 is 4.84. The first-order valence-corrected chi connectivity index (χ1v) is 4.54. The van der Waals surface area contributed by atoms with Crippen LogP contribution in [0, 0.1) is 6.92 Å². The zero-order chi connectivity index (χ0) is 10.6. The summed E-state index contributed by atoms with van der Waals surface area (Å²) in [4.78, 5) is 18.0. The Labute approximate surface area is 87.0 Å². The average Bonchev–Trinajstić information content (AvgIpc) is 2.50. The van der Waals surface area contributed by atoms with Crippen LogP contribution in [0.1, 0.15) is 23.0 Å². The molecule has 1 aromatic heterocycles. The second-order valence-corrected chi connectivity index (χ2v) is 2.80. The number of H-pyrrole nitrogens is 1. The summed E-state index contributed by atoms with van der Waals surface area (Å²) in [6.45, 7) is 3.90. The fraction of sp³-hybridized carbons (Fsp3) is 0.333. The average molecular weight is 210 g/mol. The van der Waals surface area contributed by atoms with Crippen LogP contribution in [0.2, 0.25) is 0 Å². The molecule has 5 heteroatoms. The fourth-order valence-corrected chi connectivity index (χ4v) is 1.15. The molecule has 0 unspecified atom stereocenters. The molecule has 0 saturated carbocycles. The standard InChI is InChI=1S/C9H10N2O2S/c1-3-13-9(12)8-7(11-5-14)6(2)4-10-8/h4,10H,3H2,1-2H3. The van der Waals surface area contributed by atoms with Gasteiger partial charge in [-0.3, -0.25) is 0 Å². The lowest BCUT2D eigenvalue weighted by Gasteiger charge is -1.99. The maximum Gasteiger partial charge on any atom is 0.357 e. The lowest BCUT2D eigenvalue weighted by molar-refractivity contribution is 0.0521. The highest BCUT2D eigenvalue weighted by Crippen LogP contribution is 2.23. The number of thiocarbonyl (C=S) groups is 1. The maximum atomic E-state index is 11.4. The van der Waals surface area contributed by atoms with Crippen molar-refractivity contribution < 1.29 is 9.53 Å². The minimum atomic E-state index is -0.426. The lowest BCUT2D eigenvalue weighted by atomic mass is 10.3. The van der Waals surface area contributed by atoms with E-state index in [1.807, 2.05) is 6.92 Å². The Morgan fingerprint density at radius 2 is 2.50 bits per heavy atom. The van der Waals surface area contributed by atoms with Crippen molar-refractivity contribution in [3.63, 3.8) is 0 Å². The molecule has 0 aliphatic carbocycles. The summed E-state index contributed by atoms with van der Waals surface area (Å²) in [7, 11) is 0. The number of hydrogen-bond donors (Lipinski definition) is 1. The molecular weight excluding hydrogens is 200 g/mol. The summed E-state index contributed by atoms with van der Waals surface area (Å²) in [5.41, 5.74) is 1.66. The Balaban J connectivity index is 3.08. The zero-order valence-electron chi connectivity index (χ0n) is 7.96. The molecule has 14 heavy (non-hydrogen) atoms. The first kappa shape index (κ1) is 10.6. The Morgan fingerprint density at radius 1 is 1.79 bits per heavy atom. The third-order valence-corrected chi connectivity index (χ3v) is 1.77. The van der Waals surface area contributed by atoms with Gasteiger partial charge >= 0.3 is 5.97 Å². The summed E-state index contributed by atoms with van der Waals surface area (Å²) in [6, 6.07) is 0. The Kier molecular flexibility index (Phi) is 3.56. The quantitative estimate of drug-likeness (QED) is 0.473. The van der Waals surface area contributed by atoms with Crippen molar-refractivity contribution in [3.05, 3.63) is 17.5 Å². The molecule has 0 amide bonds. The minimum absolute atomic E-state index is 0.321. The molecule has 1 rings (SSSR count). The summed E-state index contributed by atoms with van der Waals surface area (Å²) in [5.74, 6) is -0.426. The number of rotatable bonds is 3.